The van der Waals surface area contributed by atoms with Gasteiger partial charge in [-0.2, -0.15) is 0 Å². The predicted octanol–water partition coefficient (Wildman–Crippen LogP) is 0.724. The highest BCUT2D eigenvalue weighted by molar-refractivity contribution is 5.94. The van der Waals surface area contributed by atoms with Gasteiger partial charge in [0.15, 0.2) is 6.61 Å². The number of ether oxygens (including phenoxy) is 1. The van der Waals surface area contributed by atoms with Crippen molar-refractivity contribution in [3.8, 4) is 5.75 Å². The van der Waals surface area contributed by atoms with Crippen molar-refractivity contribution in [3.05, 3.63) is 29.3 Å². The third-order valence-corrected chi connectivity index (χ3v) is 3.94. The van der Waals surface area contributed by atoms with Crippen molar-refractivity contribution in [1.29, 1.82) is 0 Å². The first-order valence-corrected chi connectivity index (χ1v) is 7.46. The molecule has 3 N–H and O–H groups in total. The number of benzene rings is 1. The van der Waals surface area contributed by atoms with Crippen LogP contribution in [0.2, 0.25) is 0 Å². The molecule has 0 bridgehead atoms. The molecule has 2 rings (SSSR count). The average molecular weight is 320 g/mol. The number of nitrogens with zero attached hydrogens (tertiary/aromatic N) is 1. The van der Waals surface area contributed by atoms with Gasteiger partial charge in [-0.1, -0.05) is 12.1 Å². The minimum atomic E-state index is -0.785. The summed E-state index contributed by atoms with van der Waals surface area (Å²) < 4.78 is 4.96. The number of rotatable bonds is 4. The molecule has 0 unspecified atom stereocenters. The number of piperidine rings is 1. The van der Waals surface area contributed by atoms with Gasteiger partial charge in [0.05, 0.1) is 0 Å². The van der Waals surface area contributed by atoms with Crippen molar-refractivity contribution in [3.63, 3.8) is 0 Å². The zero-order valence-corrected chi connectivity index (χ0v) is 12.9. The lowest BCUT2D eigenvalue weighted by molar-refractivity contribution is -0.143. The number of primary amides is 1. The molecule has 1 saturated heterocycles. The van der Waals surface area contributed by atoms with Crippen molar-refractivity contribution in [2.24, 2.45) is 5.73 Å². The molecule has 1 aliphatic heterocycles. The molecule has 0 aromatic heterocycles. The van der Waals surface area contributed by atoms with Crippen LogP contribution in [0.3, 0.4) is 0 Å². The summed E-state index contributed by atoms with van der Waals surface area (Å²) in [6.45, 7) is 1.58. The van der Waals surface area contributed by atoms with Gasteiger partial charge in [-0.05, 0) is 37.8 Å². The van der Waals surface area contributed by atoms with Crippen molar-refractivity contribution in [1.82, 2.24) is 4.90 Å². The highest BCUT2D eigenvalue weighted by atomic mass is 16.5. The highest BCUT2D eigenvalue weighted by Crippen LogP contribution is 2.22. The third-order valence-electron chi connectivity index (χ3n) is 3.94. The normalized spacial score (nSPS) is 17.6. The number of amides is 2. The van der Waals surface area contributed by atoms with Gasteiger partial charge in [0.1, 0.15) is 17.4 Å². The smallest absolute Gasteiger partial charge is 0.342 e. The molecule has 1 aromatic rings. The number of hydrogen-bond acceptors (Lipinski definition) is 5. The first-order chi connectivity index (χ1) is 10.9. The zero-order valence-electron chi connectivity index (χ0n) is 12.9. The van der Waals surface area contributed by atoms with Gasteiger partial charge < -0.3 is 20.5 Å². The van der Waals surface area contributed by atoms with E-state index < -0.39 is 30.4 Å². The van der Waals surface area contributed by atoms with Crippen molar-refractivity contribution in [2.75, 3.05) is 13.2 Å². The van der Waals surface area contributed by atoms with Gasteiger partial charge in [-0.15, -0.1) is 0 Å². The van der Waals surface area contributed by atoms with Crippen molar-refractivity contribution in [2.45, 2.75) is 32.2 Å². The lowest BCUT2D eigenvalue weighted by atomic mass is 10.0. The molecular formula is C16H20N2O5. The maximum absolute atomic E-state index is 12.2. The van der Waals surface area contributed by atoms with E-state index in [1.165, 1.54) is 11.0 Å². The lowest BCUT2D eigenvalue weighted by Crippen LogP contribution is -2.51. The van der Waals surface area contributed by atoms with Gasteiger partial charge in [0.2, 0.25) is 5.91 Å². The molecule has 124 valence electrons. The number of nitrogens with two attached hydrogens (primary N) is 1. The summed E-state index contributed by atoms with van der Waals surface area (Å²) in [5.41, 5.74) is 5.85. The number of likely N-dealkylation sites (tertiary alicyclic amines) is 1. The number of esters is 1. The fraction of sp³-hybridized carbons (Fsp3) is 0.438. The van der Waals surface area contributed by atoms with Crippen molar-refractivity contribution < 1.29 is 24.2 Å². The Hall–Kier alpha value is -2.57. The van der Waals surface area contributed by atoms with Crippen LogP contribution in [0, 0.1) is 6.92 Å². The SMILES string of the molecule is Cc1cccc(C(=O)OCC(=O)N2CCCC[C@@H]2C(N)=O)c1O. The van der Waals surface area contributed by atoms with Crippen molar-refractivity contribution >= 4 is 17.8 Å². The number of aromatic hydroxyl groups is 1. The fourth-order valence-electron chi connectivity index (χ4n) is 2.64. The molecule has 1 fully saturated rings. The number of hydrogen-bond donors (Lipinski definition) is 2. The minimum Gasteiger partial charge on any atom is -0.507 e. The lowest BCUT2D eigenvalue weighted by Gasteiger charge is -2.33. The van der Waals surface area contributed by atoms with Crippen LogP contribution in [0.15, 0.2) is 18.2 Å². The number of phenols is 1. The summed E-state index contributed by atoms with van der Waals surface area (Å²) in [6, 6.07) is 4.04. The predicted molar refractivity (Wildman–Crippen MR) is 81.7 cm³/mol. The van der Waals surface area contributed by atoms with E-state index in [1.54, 1.807) is 19.1 Å². The first kappa shape index (κ1) is 16.8. The largest absolute Gasteiger partial charge is 0.507 e. The van der Waals surface area contributed by atoms with Gasteiger partial charge in [-0.3, -0.25) is 9.59 Å². The second kappa shape index (κ2) is 7.13. The fourth-order valence-corrected chi connectivity index (χ4v) is 2.64. The molecule has 0 saturated carbocycles. The van der Waals surface area contributed by atoms with E-state index >= 15 is 0 Å². The number of para-hydroxylation sites is 1. The van der Waals surface area contributed by atoms with Crippen LogP contribution in [0.5, 0.6) is 5.75 Å². The summed E-state index contributed by atoms with van der Waals surface area (Å²) in [7, 11) is 0. The van der Waals surface area contributed by atoms with Gasteiger partial charge >= 0.3 is 5.97 Å². The number of aryl methyl sites for hydroxylation is 1. The Balaban J connectivity index is 1.99. The monoisotopic (exact) mass is 320 g/mol. The maximum atomic E-state index is 12.2. The quantitative estimate of drug-likeness (QED) is 0.795. The van der Waals surface area contributed by atoms with E-state index in [0.717, 1.165) is 12.8 Å². The van der Waals surface area contributed by atoms with Crippen LogP contribution in [-0.4, -0.2) is 47.0 Å². The summed E-state index contributed by atoms with van der Waals surface area (Å²) in [5, 5.41) is 9.84. The van der Waals surface area contributed by atoms with Crippen LogP contribution in [0.1, 0.15) is 35.2 Å². The number of carbonyl (C=O) groups excluding carboxylic acids is 3. The molecule has 23 heavy (non-hydrogen) atoms. The summed E-state index contributed by atoms with van der Waals surface area (Å²) in [6.07, 6.45) is 2.13. The Bertz CT molecular complexity index is 629. The molecule has 7 nitrogen and oxygen atoms in total. The topological polar surface area (TPSA) is 110 Å². The van der Waals surface area contributed by atoms with E-state index in [0.29, 0.717) is 18.5 Å². The van der Waals surface area contributed by atoms with E-state index in [2.05, 4.69) is 0 Å². The standard InChI is InChI=1S/C16H20N2O5/c1-10-5-4-6-11(14(10)20)16(22)23-9-13(19)18-8-3-2-7-12(18)15(17)21/h4-6,12,20H,2-3,7-9H2,1H3,(H2,17,21)/t12-/m1/s1. The highest BCUT2D eigenvalue weighted by Gasteiger charge is 2.31. The molecule has 7 heteroatoms. The molecule has 1 aromatic carbocycles. The van der Waals surface area contributed by atoms with Crippen LogP contribution in [0.4, 0.5) is 0 Å². The minimum absolute atomic E-state index is 0.00268. The van der Waals surface area contributed by atoms with Crippen LogP contribution in [0.25, 0.3) is 0 Å². The number of phenolic OH excluding ortho intramolecular Hbond substituents is 1. The first-order valence-electron chi connectivity index (χ1n) is 7.46. The second-order valence-electron chi connectivity index (χ2n) is 5.55. The zero-order chi connectivity index (χ0) is 17.0. The molecule has 0 aliphatic carbocycles. The Morgan fingerprint density at radius 3 is 2.78 bits per heavy atom. The Labute approximate surface area is 134 Å². The van der Waals surface area contributed by atoms with Gasteiger partial charge in [0.25, 0.3) is 5.91 Å². The molecule has 0 radical (unpaired) electrons. The maximum Gasteiger partial charge on any atom is 0.342 e. The van der Waals surface area contributed by atoms with Gasteiger partial charge in [-0.25, -0.2) is 4.79 Å². The molecule has 1 heterocycles. The summed E-state index contributed by atoms with van der Waals surface area (Å²) in [5.74, 6) is -1.97. The average Bonchev–Trinajstić information content (AvgIpc) is 2.54. The van der Waals surface area contributed by atoms with Crippen LogP contribution < -0.4 is 5.73 Å². The third kappa shape index (κ3) is 3.80. The van der Waals surface area contributed by atoms with Crippen LogP contribution >= 0.6 is 0 Å². The molecule has 1 aliphatic rings. The Morgan fingerprint density at radius 2 is 2.09 bits per heavy atom. The summed E-state index contributed by atoms with van der Waals surface area (Å²) in [4.78, 5) is 36.9. The van der Waals surface area contributed by atoms with E-state index in [4.69, 9.17) is 10.5 Å². The molecular weight excluding hydrogens is 300 g/mol. The Morgan fingerprint density at radius 1 is 1.35 bits per heavy atom. The van der Waals surface area contributed by atoms with Crippen LogP contribution in [-0.2, 0) is 14.3 Å². The summed E-state index contributed by atoms with van der Waals surface area (Å²) >= 11 is 0. The van der Waals surface area contributed by atoms with Gasteiger partial charge in [0, 0.05) is 6.54 Å². The second-order valence-corrected chi connectivity index (χ2v) is 5.55. The van der Waals surface area contributed by atoms with E-state index in [9.17, 15) is 19.5 Å². The molecule has 2 amide bonds. The number of carbonyl (C=O) groups is 3. The van der Waals surface area contributed by atoms with E-state index in [1.807, 2.05) is 0 Å². The Kier molecular flexibility index (Phi) is 5.20. The molecule has 0 spiro atoms. The molecule has 1 atom stereocenters. The van der Waals surface area contributed by atoms with E-state index in [-0.39, 0.29) is 11.3 Å².